The molecule has 0 spiro atoms. The van der Waals surface area contributed by atoms with E-state index in [4.69, 9.17) is 0 Å². The van der Waals surface area contributed by atoms with Crippen LogP contribution in [0.2, 0.25) is 0 Å². The molecular weight excluding hydrogens is 88.1 g/mol. The van der Waals surface area contributed by atoms with Crippen LogP contribution in [-0.4, -0.2) is 23.3 Å². The number of fused-ring (bicyclic) bond motifs is 1. The highest BCUT2D eigenvalue weighted by atomic mass is 15.7. The summed E-state index contributed by atoms with van der Waals surface area (Å²) < 4.78 is 0. The number of nitrogens with zero attached hydrogens (tertiary/aromatic N) is 1. The van der Waals surface area contributed by atoms with Gasteiger partial charge in [-0.05, 0) is 13.8 Å². The second-order valence-electron chi connectivity index (χ2n) is 2.60. The first-order valence-corrected chi connectivity index (χ1v) is 2.84. The quantitative estimate of drug-likeness (QED) is 0.466. The Labute approximate surface area is 43.5 Å². The molecule has 0 amide bonds. The van der Waals surface area contributed by atoms with Gasteiger partial charge in [0.15, 0.2) is 0 Å². The molecule has 0 aliphatic carbocycles. The first-order chi connectivity index (χ1) is 3.30. The number of hydrogen-bond donors (Lipinski definition) is 1. The number of rotatable bonds is 1. The van der Waals surface area contributed by atoms with Crippen molar-refractivity contribution in [2.75, 3.05) is 0 Å². The van der Waals surface area contributed by atoms with E-state index in [2.05, 4.69) is 24.1 Å². The topological polar surface area (TPSA) is 25.0 Å². The van der Waals surface area contributed by atoms with Crippen LogP contribution in [0.4, 0.5) is 0 Å². The lowest BCUT2D eigenvalue weighted by atomic mass is 10.4. The molecule has 0 saturated carbocycles. The summed E-state index contributed by atoms with van der Waals surface area (Å²) in [5.41, 5.74) is 0. The van der Waals surface area contributed by atoms with Crippen molar-refractivity contribution in [2.45, 2.75) is 32.2 Å². The summed E-state index contributed by atoms with van der Waals surface area (Å²) >= 11 is 0. The van der Waals surface area contributed by atoms with Crippen LogP contribution in [0.5, 0.6) is 0 Å². The van der Waals surface area contributed by atoms with Crippen LogP contribution in [0, 0.1) is 0 Å². The van der Waals surface area contributed by atoms with Crippen LogP contribution >= 0.6 is 0 Å². The molecule has 2 aliphatic heterocycles. The van der Waals surface area contributed by atoms with Crippen LogP contribution in [0.25, 0.3) is 0 Å². The minimum absolute atomic E-state index is 0.760. The van der Waals surface area contributed by atoms with Gasteiger partial charge < -0.3 is 0 Å². The van der Waals surface area contributed by atoms with Gasteiger partial charge in [-0.15, -0.1) is 0 Å². The molecular formula is C5H10N2. The van der Waals surface area contributed by atoms with Crippen molar-refractivity contribution in [2.24, 2.45) is 0 Å². The summed E-state index contributed by atoms with van der Waals surface area (Å²) in [6.45, 7) is 4.46. The molecule has 7 heavy (non-hydrogen) atoms. The summed E-state index contributed by atoms with van der Waals surface area (Å²) in [7, 11) is 0. The fraction of sp³-hybridized carbons (Fsp3) is 1.00. The van der Waals surface area contributed by atoms with E-state index in [9.17, 15) is 0 Å². The third kappa shape index (κ3) is 0.359. The summed E-state index contributed by atoms with van der Waals surface area (Å²) in [6.07, 6.45) is 1.58. The van der Waals surface area contributed by atoms with E-state index in [1.54, 1.807) is 0 Å². The van der Waals surface area contributed by atoms with Crippen molar-refractivity contribution in [1.29, 1.82) is 0 Å². The second kappa shape index (κ2) is 0.858. The van der Waals surface area contributed by atoms with Crippen molar-refractivity contribution < 1.29 is 0 Å². The molecule has 40 valence electrons. The molecule has 2 saturated heterocycles. The van der Waals surface area contributed by atoms with Crippen molar-refractivity contribution in [1.82, 2.24) is 10.2 Å². The number of nitrogens with one attached hydrogen (secondary N) is 1. The van der Waals surface area contributed by atoms with Crippen molar-refractivity contribution in [3.63, 3.8) is 0 Å². The highest BCUT2D eigenvalue weighted by Crippen LogP contribution is 2.39. The van der Waals surface area contributed by atoms with E-state index in [1.807, 2.05) is 0 Å². The van der Waals surface area contributed by atoms with Crippen LogP contribution in [-0.2, 0) is 0 Å². The van der Waals surface area contributed by atoms with Gasteiger partial charge in [0, 0.05) is 6.04 Å². The smallest absolute Gasteiger partial charge is 0.0923 e. The van der Waals surface area contributed by atoms with E-state index in [0.29, 0.717) is 0 Å². The Bertz CT molecular complexity index is 92.3. The average Bonchev–Trinajstić information content (AvgIpc) is 2.02. The Kier molecular flexibility index (Phi) is 0.474. The van der Waals surface area contributed by atoms with E-state index >= 15 is 0 Å². The summed E-state index contributed by atoms with van der Waals surface area (Å²) in [5, 5.41) is 3.25. The van der Waals surface area contributed by atoms with Gasteiger partial charge >= 0.3 is 0 Å². The lowest BCUT2D eigenvalue weighted by molar-refractivity contribution is 0.318. The third-order valence-electron chi connectivity index (χ3n) is 1.68. The van der Waals surface area contributed by atoms with Gasteiger partial charge in [-0.3, -0.25) is 10.2 Å². The molecule has 2 rings (SSSR count). The van der Waals surface area contributed by atoms with Gasteiger partial charge in [0.25, 0.3) is 0 Å². The van der Waals surface area contributed by atoms with Crippen LogP contribution in [0.3, 0.4) is 0 Å². The molecule has 0 aromatic heterocycles. The Morgan fingerprint density at radius 2 is 2.00 bits per heavy atom. The molecule has 2 fully saturated rings. The van der Waals surface area contributed by atoms with Gasteiger partial charge in [0.05, 0.1) is 12.3 Å². The molecule has 2 atom stereocenters. The largest absolute Gasteiger partial charge is 0.281 e. The maximum absolute atomic E-state index is 3.25. The molecule has 0 radical (unpaired) electrons. The molecule has 2 heterocycles. The first kappa shape index (κ1) is 3.87. The predicted octanol–water partition coefficient (Wildman–Crippen LogP) is -0.0342. The standard InChI is InChI=1S/C5H10N2/c1-3(2)7-4-5(7)6-4/h3-6H,1-2H3. The summed E-state index contributed by atoms with van der Waals surface area (Å²) in [6, 6.07) is 0.760. The van der Waals surface area contributed by atoms with E-state index in [1.165, 1.54) is 0 Å². The highest BCUT2D eigenvalue weighted by molar-refractivity contribution is 5.15. The first-order valence-electron chi connectivity index (χ1n) is 2.84. The predicted molar refractivity (Wildman–Crippen MR) is 27.7 cm³/mol. The Morgan fingerprint density at radius 3 is 2.00 bits per heavy atom. The molecule has 0 aromatic carbocycles. The van der Waals surface area contributed by atoms with Gasteiger partial charge in [-0.1, -0.05) is 0 Å². The summed E-state index contributed by atoms with van der Waals surface area (Å²) in [4.78, 5) is 2.44. The molecule has 2 nitrogen and oxygen atoms in total. The van der Waals surface area contributed by atoms with Gasteiger partial charge in [0.1, 0.15) is 0 Å². The Hall–Kier alpha value is -0.0800. The lowest BCUT2D eigenvalue weighted by Crippen LogP contribution is -2.26. The molecule has 0 aromatic rings. The normalized spacial score (nSPS) is 54.4. The SMILES string of the molecule is CC(C)N1C2NC21. The molecule has 1 N–H and O–H groups in total. The highest BCUT2D eigenvalue weighted by Gasteiger charge is 2.63. The molecule has 0 bridgehead atoms. The number of hydrogen-bond acceptors (Lipinski definition) is 2. The lowest BCUT2D eigenvalue weighted by Gasteiger charge is -2.10. The maximum atomic E-state index is 3.25. The van der Waals surface area contributed by atoms with Crippen molar-refractivity contribution in [3.05, 3.63) is 0 Å². The maximum Gasteiger partial charge on any atom is 0.0923 e. The van der Waals surface area contributed by atoms with E-state index in [-0.39, 0.29) is 0 Å². The average molecular weight is 98.1 g/mol. The fourth-order valence-corrected chi connectivity index (χ4v) is 1.10. The van der Waals surface area contributed by atoms with Crippen LogP contribution in [0.1, 0.15) is 13.8 Å². The fourth-order valence-electron chi connectivity index (χ4n) is 1.10. The monoisotopic (exact) mass is 98.1 g/mol. The van der Waals surface area contributed by atoms with Crippen LogP contribution in [0.15, 0.2) is 0 Å². The van der Waals surface area contributed by atoms with Crippen molar-refractivity contribution >= 4 is 0 Å². The van der Waals surface area contributed by atoms with Gasteiger partial charge in [-0.2, -0.15) is 0 Å². The second-order valence-corrected chi connectivity index (χ2v) is 2.60. The minimum Gasteiger partial charge on any atom is -0.281 e. The molecule has 2 aliphatic rings. The molecule has 2 heteroatoms. The minimum atomic E-state index is 0.760. The third-order valence-corrected chi connectivity index (χ3v) is 1.68. The van der Waals surface area contributed by atoms with E-state index in [0.717, 1.165) is 18.4 Å². The van der Waals surface area contributed by atoms with Crippen molar-refractivity contribution in [3.8, 4) is 0 Å². The zero-order valence-electron chi connectivity index (χ0n) is 4.68. The van der Waals surface area contributed by atoms with E-state index < -0.39 is 0 Å². The summed E-state index contributed by atoms with van der Waals surface area (Å²) in [5.74, 6) is 0. The van der Waals surface area contributed by atoms with Gasteiger partial charge in [0.2, 0.25) is 0 Å². The van der Waals surface area contributed by atoms with Gasteiger partial charge in [-0.25, -0.2) is 0 Å². The Balaban J connectivity index is 1.91. The zero-order chi connectivity index (χ0) is 5.02. The zero-order valence-corrected chi connectivity index (χ0v) is 4.68. The van der Waals surface area contributed by atoms with Crippen LogP contribution < -0.4 is 5.32 Å². The molecule has 2 unspecified atom stereocenters. The Morgan fingerprint density at radius 1 is 1.43 bits per heavy atom.